The molecular weight excluding hydrogens is 276 g/mol. The molecule has 0 aliphatic heterocycles. The highest BCUT2D eigenvalue weighted by Gasteiger charge is 2.20. The standard InChI is InChI=1S/C15H21ClN2O2/c1-10-5-6-13(16)14(7-10)18-15(20)17-9-11-3-2-4-12(19)8-11/h5-7,11-12,19H,2-4,8-9H2,1H3,(H2,17,18,20). The zero-order chi connectivity index (χ0) is 14.5. The number of aliphatic hydroxyl groups excluding tert-OH is 1. The third kappa shape index (κ3) is 4.39. The summed E-state index contributed by atoms with van der Waals surface area (Å²) in [6, 6.07) is 5.25. The van der Waals surface area contributed by atoms with Gasteiger partial charge < -0.3 is 15.7 Å². The molecule has 1 aliphatic carbocycles. The minimum absolute atomic E-state index is 0.218. The van der Waals surface area contributed by atoms with Crippen molar-refractivity contribution in [1.82, 2.24) is 5.32 Å². The van der Waals surface area contributed by atoms with Gasteiger partial charge >= 0.3 is 6.03 Å². The lowest BCUT2D eigenvalue weighted by molar-refractivity contribution is 0.101. The maximum atomic E-state index is 11.9. The van der Waals surface area contributed by atoms with Crippen molar-refractivity contribution in [3.8, 4) is 0 Å². The van der Waals surface area contributed by atoms with Crippen molar-refractivity contribution in [2.24, 2.45) is 5.92 Å². The molecule has 1 fully saturated rings. The maximum absolute atomic E-state index is 11.9. The average molecular weight is 297 g/mol. The summed E-state index contributed by atoms with van der Waals surface area (Å²) in [5.74, 6) is 0.359. The highest BCUT2D eigenvalue weighted by Crippen LogP contribution is 2.24. The number of aliphatic hydroxyl groups is 1. The van der Waals surface area contributed by atoms with Crippen molar-refractivity contribution in [2.75, 3.05) is 11.9 Å². The third-order valence-electron chi connectivity index (χ3n) is 3.68. The molecule has 3 N–H and O–H groups in total. The summed E-state index contributed by atoms with van der Waals surface area (Å²) >= 11 is 6.03. The van der Waals surface area contributed by atoms with Crippen LogP contribution in [0.25, 0.3) is 0 Å². The van der Waals surface area contributed by atoms with Crippen LogP contribution < -0.4 is 10.6 Å². The van der Waals surface area contributed by atoms with Gasteiger partial charge in [-0.3, -0.25) is 0 Å². The highest BCUT2D eigenvalue weighted by atomic mass is 35.5. The van der Waals surface area contributed by atoms with Crippen LogP contribution in [0.5, 0.6) is 0 Å². The van der Waals surface area contributed by atoms with Crippen molar-refractivity contribution >= 4 is 23.3 Å². The van der Waals surface area contributed by atoms with Gasteiger partial charge in [-0.15, -0.1) is 0 Å². The molecule has 0 bridgehead atoms. The van der Waals surface area contributed by atoms with Gasteiger partial charge in [-0.1, -0.05) is 24.1 Å². The number of benzene rings is 1. The van der Waals surface area contributed by atoms with Gasteiger partial charge in [-0.2, -0.15) is 0 Å². The first-order valence-electron chi connectivity index (χ1n) is 7.03. The fourth-order valence-electron chi connectivity index (χ4n) is 2.59. The van der Waals surface area contributed by atoms with Crippen LogP contribution in [0.3, 0.4) is 0 Å². The number of carbonyl (C=O) groups is 1. The first-order chi connectivity index (χ1) is 9.54. The van der Waals surface area contributed by atoms with Crippen LogP contribution in [0, 0.1) is 12.8 Å². The van der Waals surface area contributed by atoms with Crippen LogP contribution in [0.1, 0.15) is 31.2 Å². The van der Waals surface area contributed by atoms with Gasteiger partial charge in [0.05, 0.1) is 16.8 Å². The average Bonchev–Trinajstić information content (AvgIpc) is 2.41. The Hall–Kier alpha value is -1.26. The zero-order valence-corrected chi connectivity index (χ0v) is 12.4. The summed E-state index contributed by atoms with van der Waals surface area (Å²) in [6.07, 6.45) is 3.51. The summed E-state index contributed by atoms with van der Waals surface area (Å²) in [5.41, 5.74) is 1.66. The molecular formula is C15H21ClN2O2. The Kier molecular flexibility index (Phi) is 5.26. The molecule has 0 radical (unpaired) electrons. The number of rotatable bonds is 3. The normalized spacial score (nSPS) is 22.4. The number of hydrogen-bond acceptors (Lipinski definition) is 2. The van der Waals surface area contributed by atoms with Crippen LogP contribution in [0.4, 0.5) is 10.5 Å². The molecule has 1 aliphatic rings. The van der Waals surface area contributed by atoms with Crippen molar-refractivity contribution in [3.63, 3.8) is 0 Å². The van der Waals surface area contributed by atoms with Gasteiger partial charge in [0.25, 0.3) is 0 Å². The minimum Gasteiger partial charge on any atom is -0.393 e. The van der Waals surface area contributed by atoms with Gasteiger partial charge in [0.2, 0.25) is 0 Å². The van der Waals surface area contributed by atoms with E-state index >= 15 is 0 Å². The van der Waals surface area contributed by atoms with E-state index in [9.17, 15) is 9.90 Å². The van der Waals surface area contributed by atoms with Crippen molar-refractivity contribution in [3.05, 3.63) is 28.8 Å². The van der Waals surface area contributed by atoms with E-state index in [4.69, 9.17) is 11.6 Å². The quantitative estimate of drug-likeness (QED) is 0.801. The fourth-order valence-corrected chi connectivity index (χ4v) is 2.75. The molecule has 2 atom stereocenters. The molecule has 2 rings (SSSR count). The third-order valence-corrected chi connectivity index (χ3v) is 4.01. The topological polar surface area (TPSA) is 61.4 Å². The van der Waals surface area contributed by atoms with Gasteiger partial charge in [0, 0.05) is 6.54 Å². The predicted molar refractivity (Wildman–Crippen MR) is 81.2 cm³/mol. The Labute approximate surface area is 124 Å². The fraction of sp³-hybridized carbons (Fsp3) is 0.533. The molecule has 2 unspecified atom stereocenters. The van der Waals surface area contributed by atoms with Crippen LogP contribution in [-0.2, 0) is 0 Å². The number of aryl methyl sites for hydroxylation is 1. The number of halogens is 1. The second-order valence-electron chi connectivity index (χ2n) is 5.50. The molecule has 110 valence electrons. The summed E-state index contributed by atoms with van der Waals surface area (Å²) in [5, 5.41) is 15.7. The van der Waals surface area contributed by atoms with E-state index in [1.807, 2.05) is 19.1 Å². The maximum Gasteiger partial charge on any atom is 0.319 e. The lowest BCUT2D eigenvalue weighted by Gasteiger charge is -2.25. The lowest BCUT2D eigenvalue weighted by atomic mass is 9.87. The van der Waals surface area contributed by atoms with Crippen LogP contribution in [-0.4, -0.2) is 23.8 Å². The Morgan fingerprint density at radius 2 is 2.25 bits per heavy atom. The van der Waals surface area contributed by atoms with Gasteiger partial charge in [0.15, 0.2) is 0 Å². The molecule has 0 saturated heterocycles. The summed E-state index contributed by atoms with van der Waals surface area (Å²) in [7, 11) is 0. The summed E-state index contributed by atoms with van der Waals surface area (Å²) < 4.78 is 0. The molecule has 1 saturated carbocycles. The van der Waals surface area contributed by atoms with Crippen molar-refractivity contribution in [1.29, 1.82) is 0 Å². The summed E-state index contributed by atoms with van der Waals surface area (Å²) in [4.78, 5) is 11.9. The number of anilines is 1. The molecule has 1 aromatic rings. The van der Waals surface area contributed by atoms with E-state index in [0.29, 0.717) is 23.2 Å². The molecule has 5 heteroatoms. The number of hydrogen-bond donors (Lipinski definition) is 3. The van der Waals surface area contributed by atoms with Crippen molar-refractivity contribution < 1.29 is 9.90 Å². The van der Waals surface area contributed by atoms with E-state index in [1.54, 1.807) is 6.07 Å². The smallest absolute Gasteiger partial charge is 0.319 e. The SMILES string of the molecule is Cc1ccc(Cl)c(NC(=O)NCC2CCCC(O)C2)c1. The Morgan fingerprint density at radius 3 is 3.00 bits per heavy atom. The second kappa shape index (κ2) is 6.95. The van der Waals surface area contributed by atoms with E-state index in [2.05, 4.69) is 10.6 Å². The lowest BCUT2D eigenvalue weighted by Crippen LogP contribution is -2.35. The van der Waals surface area contributed by atoms with Crippen LogP contribution >= 0.6 is 11.6 Å². The number of nitrogens with one attached hydrogen (secondary N) is 2. The van der Waals surface area contributed by atoms with Gasteiger partial charge in [-0.25, -0.2) is 4.79 Å². The predicted octanol–water partition coefficient (Wildman–Crippen LogP) is 3.32. The van der Waals surface area contributed by atoms with Gasteiger partial charge in [0.1, 0.15) is 0 Å². The first kappa shape index (κ1) is 15.1. The van der Waals surface area contributed by atoms with Crippen LogP contribution in [0.2, 0.25) is 5.02 Å². The monoisotopic (exact) mass is 296 g/mol. The molecule has 0 heterocycles. The molecule has 2 amide bonds. The first-order valence-corrected chi connectivity index (χ1v) is 7.41. The number of carbonyl (C=O) groups excluding carboxylic acids is 1. The Morgan fingerprint density at radius 1 is 1.45 bits per heavy atom. The Balaban J connectivity index is 1.82. The van der Waals surface area contributed by atoms with E-state index in [1.165, 1.54) is 0 Å². The van der Waals surface area contributed by atoms with Gasteiger partial charge in [-0.05, 0) is 49.8 Å². The van der Waals surface area contributed by atoms with E-state index < -0.39 is 0 Å². The Bertz CT molecular complexity index is 479. The number of urea groups is 1. The van der Waals surface area contributed by atoms with E-state index in [0.717, 1.165) is 31.2 Å². The van der Waals surface area contributed by atoms with Crippen LogP contribution in [0.15, 0.2) is 18.2 Å². The molecule has 1 aromatic carbocycles. The molecule has 0 spiro atoms. The highest BCUT2D eigenvalue weighted by molar-refractivity contribution is 6.33. The second-order valence-corrected chi connectivity index (χ2v) is 5.91. The number of amides is 2. The molecule has 0 aromatic heterocycles. The minimum atomic E-state index is -0.252. The largest absolute Gasteiger partial charge is 0.393 e. The molecule has 4 nitrogen and oxygen atoms in total. The van der Waals surface area contributed by atoms with E-state index in [-0.39, 0.29) is 12.1 Å². The zero-order valence-electron chi connectivity index (χ0n) is 11.7. The molecule has 20 heavy (non-hydrogen) atoms. The van der Waals surface area contributed by atoms with Crippen molar-refractivity contribution in [2.45, 2.75) is 38.7 Å². The summed E-state index contributed by atoms with van der Waals surface area (Å²) in [6.45, 7) is 2.54.